The summed E-state index contributed by atoms with van der Waals surface area (Å²) in [4.78, 5) is 23.1. The average molecular weight is 347 g/mol. The van der Waals surface area contributed by atoms with E-state index in [4.69, 9.17) is 0 Å². The van der Waals surface area contributed by atoms with Crippen LogP contribution in [-0.2, 0) is 4.79 Å². The fourth-order valence-electron chi connectivity index (χ4n) is 1.83. The van der Waals surface area contributed by atoms with Gasteiger partial charge < -0.3 is 10.6 Å². The first kappa shape index (κ1) is 15.3. The van der Waals surface area contributed by atoms with Crippen LogP contribution in [0.3, 0.4) is 0 Å². The summed E-state index contributed by atoms with van der Waals surface area (Å²) in [7, 11) is 0. The van der Waals surface area contributed by atoms with Crippen LogP contribution in [0.4, 0.5) is 11.4 Å². The summed E-state index contributed by atoms with van der Waals surface area (Å²) < 4.78 is 1.00. The molecule has 2 amide bonds. The van der Waals surface area contributed by atoms with E-state index in [0.29, 0.717) is 11.3 Å². The molecule has 0 aromatic heterocycles. The molecule has 0 atom stereocenters. The summed E-state index contributed by atoms with van der Waals surface area (Å²) in [5.41, 5.74) is 2.99. The third kappa shape index (κ3) is 4.16. The largest absolute Gasteiger partial charge is 0.326 e. The molecule has 0 heterocycles. The van der Waals surface area contributed by atoms with Crippen molar-refractivity contribution >= 4 is 39.1 Å². The number of carbonyl (C=O) groups is 2. The number of anilines is 2. The molecule has 108 valence electrons. The van der Waals surface area contributed by atoms with Crippen molar-refractivity contribution in [1.82, 2.24) is 0 Å². The number of amides is 2. The van der Waals surface area contributed by atoms with Gasteiger partial charge in [-0.2, -0.15) is 0 Å². The van der Waals surface area contributed by atoms with Crippen LogP contribution in [0.1, 0.15) is 22.8 Å². The number of carbonyl (C=O) groups excluding carboxylic acids is 2. The highest BCUT2D eigenvalue weighted by Crippen LogP contribution is 2.20. The summed E-state index contributed by atoms with van der Waals surface area (Å²) in [6.45, 7) is 3.40. The van der Waals surface area contributed by atoms with Crippen LogP contribution in [0.5, 0.6) is 0 Å². The zero-order chi connectivity index (χ0) is 15.4. The number of aryl methyl sites for hydroxylation is 1. The van der Waals surface area contributed by atoms with E-state index in [9.17, 15) is 9.59 Å². The quantitative estimate of drug-likeness (QED) is 0.883. The third-order valence-corrected chi connectivity index (χ3v) is 3.77. The van der Waals surface area contributed by atoms with E-state index in [1.54, 1.807) is 24.3 Å². The van der Waals surface area contributed by atoms with Gasteiger partial charge in [0.05, 0.1) is 0 Å². The first-order chi connectivity index (χ1) is 9.95. The molecule has 5 heteroatoms. The molecule has 2 aromatic rings. The lowest BCUT2D eigenvalue weighted by atomic mass is 10.1. The lowest BCUT2D eigenvalue weighted by Crippen LogP contribution is -2.12. The molecule has 0 unspecified atom stereocenters. The van der Waals surface area contributed by atoms with Crippen molar-refractivity contribution in [3.63, 3.8) is 0 Å². The first-order valence-electron chi connectivity index (χ1n) is 6.41. The lowest BCUT2D eigenvalue weighted by Gasteiger charge is -2.08. The predicted molar refractivity (Wildman–Crippen MR) is 87.6 cm³/mol. The zero-order valence-corrected chi connectivity index (χ0v) is 13.3. The van der Waals surface area contributed by atoms with E-state index in [-0.39, 0.29) is 11.8 Å². The van der Waals surface area contributed by atoms with Crippen molar-refractivity contribution in [2.45, 2.75) is 13.8 Å². The van der Waals surface area contributed by atoms with Crippen LogP contribution in [0.25, 0.3) is 0 Å². The molecule has 0 bridgehead atoms. The van der Waals surface area contributed by atoms with E-state index < -0.39 is 0 Å². The third-order valence-electron chi connectivity index (χ3n) is 2.88. The number of rotatable bonds is 3. The van der Waals surface area contributed by atoms with Gasteiger partial charge in [-0.25, -0.2) is 0 Å². The average Bonchev–Trinajstić information content (AvgIpc) is 2.43. The second kappa shape index (κ2) is 6.54. The van der Waals surface area contributed by atoms with Gasteiger partial charge >= 0.3 is 0 Å². The van der Waals surface area contributed by atoms with Gasteiger partial charge in [-0.15, -0.1) is 0 Å². The maximum atomic E-state index is 12.1. The molecule has 0 aliphatic rings. The van der Waals surface area contributed by atoms with Crippen LogP contribution in [-0.4, -0.2) is 11.8 Å². The van der Waals surface area contributed by atoms with Gasteiger partial charge in [-0.1, -0.05) is 15.9 Å². The Kier molecular flexibility index (Phi) is 4.75. The summed E-state index contributed by atoms with van der Waals surface area (Å²) in [5.74, 6) is -0.330. The van der Waals surface area contributed by atoms with E-state index in [2.05, 4.69) is 26.6 Å². The lowest BCUT2D eigenvalue weighted by molar-refractivity contribution is -0.114. The van der Waals surface area contributed by atoms with Gasteiger partial charge in [-0.05, 0) is 55.0 Å². The monoisotopic (exact) mass is 346 g/mol. The molecule has 2 N–H and O–H groups in total. The molecule has 4 nitrogen and oxygen atoms in total. The van der Waals surface area contributed by atoms with E-state index in [0.717, 1.165) is 15.7 Å². The molecule has 0 spiro atoms. The Balaban J connectivity index is 2.09. The molecule has 0 aliphatic heterocycles. The fourth-order valence-corrected chi connectivity index (χ4v) is 2.08. The predicted octanol–water partition coefficient (Wildman–Crippen LogP) is 3.97. The summed E-state index contributed by atoms with van der Waals surface area (Å²) >= 11 is 3.42. The highest BCUT2D eigenvalue weighted by molar-refractivity contribution is 9.10. The summed E-state index contributed by atoms with van der Waals surface area (Å²) in [6, 6.07) is 12.4. The zero-order valence-electron chi connectivity index (χ0n) is 11.7. The standard InChI is InChI=1S/C16H15BrN2O2/c1-10-9-14(7-8-15(10)17)19-16(21)12-3-5-13(6-4-12)18-11(2)20/h3-9H,1-2H3,(H,18,20)(H,19,21). The summed E-state index contributed by atoms with van der Waals surface area (Å²) in [6.07, 6.45) is 0. The van der Waals surface area contributed by atoms with Crippen molar-refractivity contribution in [3.05, 3.63) is 58.1 Å². The number of nitrogens with one attached hydrogen (secondary N) is 2. The van der Waals surface area contributed by atoms with E-state index in [1.807, 2.05) is 25.1 Å². The van der Waals surface area contributed by atoms with Gasteiger partial charge in [0.1, 0.15) is 0 Å². The fraction of sp³-hybridized carbons (Fsp3) is 0.125. The van der Waals surface area contributed by atoms with Crippen molar-refractivity contribution in [3.8, 4) is 0 Å². The Morgan fingerprint density at radius 3 is 2.14 bits per heavy atom. The van der Waals surface area contributed by atoms with Gasteiger partial charge in [0.15, 0.2) is 0 Å². The molecule has 0 fully saturated rings. The minimum Gasteiger partial charge on any atom is -0.326 e. The Morgan fingerprint density at radius 1 is 0.952 bits per heavy atom. The normalized spacial score (nSPS) is 10.0. The van der Waals surface area contributed by atoms with Crippen LogP contribution in [0.2, 0.25) is 0 Å². The molecular weight excluding hydrogens is 332 g/mol. The number of hydrogen-bond donors (Lipinski definition) is 2. The molecule has 0 saturated carbocycles. The van der Waals surface area contributed by atoms with E-state index >= 15 is 0 Å². The second-order valence-electron chi connectivity index (χ2n) is 4.68. The Morgan fingerprint density at radius 2 is 1.57 bits per heavy atom. The molecule has 0 aliphatic carbocycles. The second-order valence-corrected chi connectivity index (χ2v) is 5.53. The molecule has 0 saturated heterocycles. The van der Waals surface area contributed by atoms with Gasteiger partial charge in [-0.3, -0.25) is 9.59 Å². The van der Waals surface area contributed by atoms with Crippen LogP contribution in [0.15, 0.2) is 46.9 Å². The van der Waals surface area contributed by atoms with Crippen LogP contribution in [0, 0.1) is 6.92 Å². The van der Waals surface area contributed by atoms with Gasteiger partial charge in [0.2, 0.25) is 5.91 Å². The minimum atomic E-state index is -0.189. The first-order valence-corrected chi connectivity index (χ1v) is 7.20. The number of benzene rings is 2. The van der Waals surface area contributed by atoms with Crippen molar-refractivity contribution in [2.24, 2.45) is 0 Å². The van der Waals surface area contributed by atoms with Crippen molar-refractivity contribution in [1.29, 1.82) is 0 Å². The number of hydrogen-bond acceptors (Lipinski definition) is 2. The Bertz CT molecular complexity index is 681. The highest BCUT2D eigenvalue weighted by atomic mass is 79.9. The molecule has 0 radical (unpaired) electrons. The SMILES string of the molecule is CC(=O)Nc1ccc(C(=O)Nc2ccc(Br)c(C)c2)cc1. The van der Waals surface area contributed by atoms with Gasteiger partial charge in [0, 0.05) is 28.3 Å². The summed E-state index contributed by atoms with van der Waals surface area (Å²) in [5, 5.41) is 5.50. The topological polar surface area (TPSA) is 58.2 Å². The minimum absolute atomic E-state index is 0.141. The smallest absolute Gasteiger partial charge is 0.255 e. The van der Waals surface area contributed by atoms with Crippen LogP contribution >= 0.6 is 15.9 Å². The molecule has 2 aromatic carbocycles. The van der Waals surface area contributed by atoms with E-state index in [1.165, 1.54) is 6.92 Å². The molecule has 21 heavy (non-hydrogen) atoms. The van der Waals surface area contributed by atoms with Crippen molar-refractivity contribution in [2.75, 3.05) is 10.6 Å². The highest BCUT2D eigenvalue weighted by Gasteiger charge is 2.07. The Hall–Kier alpha value is -2.14. The number of halogens is 1. The maximum Gasteiger partial charge on any atom is 0.255 e. The molecule has 2 rings (SSSR count). The van der Waals surface area contributed by atoms with Gasteiger partial charge in [0.25, 0.3) is 5.91 Å². The molecular formula is C16H15BrN2O2. The Labute approximate surface area is 131 Å². The van der Waals surface area contributed by atoms with Crippen molar-refractivity contribution < 1.29 is 9.59 Å². The van der Waals surface area contributed by atoms with Crippen LogP contribution < -0.4 is 10.6 Å². The maximum absolute atomic E-state index is 12.1.